The molecule has 11 nitrogen and oxygen atoms in total. The lowest BCUT2D eigenvalue weighted by Crippen LogP contribution is -2.36. The maximum Gasteiger partial charge on any atom is 0.372 e. The van der Waals surface area contributed by atoms with E-state index in [1.54, 1.807) is 0 Å². The molecule has 1 saturated heterocycles. The van der Waals surface area contributed by atoms with E-state index in [9.17, 15) is 19.8 Å². The van der Waals surface area contributed by atoms with Crippen molar-refractivity contribution in [3.63, 3.8) is 0 Å². The van der Waals surface area contributed by atoms with E-state index in [1.807, 2.05) is 6.26 Å². The number of aliphatic hydroxyl groups excluding tert-OH is 2. The van der Waals surface area contributed by atoms with E-state index in [1.165, 1.54) is 17.2 Å². The van der Waals surface area contributed by atoms with Gasteiger partial charge in [-0.05, 0) is 10.9 Å². The summed E-state index contributed by atoms with van der Waals surface area (Å²) in [5.74, 6) is -1.35. The number of aromatic nitrogens is 4. The van der Waals surface area contributed by atoms with Crippen LogP contribution >= 0.6 is 0 Å². The summed E-state index contributed by atoms with van der Waals surface area (Å²) in [6.07, 6.45) is 0.538. The number of carbonyl (C=O) groups excluding carboxylic acids is 1. The summed E-state index contributed by atoms with van der Waals surface area (Å²) in [6.45, 7) is 0. The minimum Gasteiger partial charge on any atom is -0.475 e. The molecule has 12 heteroatoms. The Kier molecular flexibility index (Phi) is 5.60. The van der Waals surface area contributed by atoms with Crippen molar-refractivity contribution in [2.45, 2.75) is 31.0 Å². The molecule has 0 aliphatic carbocycles. The number of anilines is 1. The predicted octanol–water partition coefficient (Wildman–Crippen LogP) is -1.68. The number of nitrogens with zero attached hydrogens (tertiary/aromatic N) is 4. The number of aliphatic hydroxyl groups is 2. The fourth-order valence-corrected chi connectivity index (χ4v) is 4.43. The van der Waals surface area contributed by atoms with Crippen LogP contribution in [0.3, 0.4) is 0 Å². The molecule has 1 aliphatic rings. The minimum atomic E-state index is -1.45. The summed E-state index contributed by atoms with van der Waals surface area (Å²) < 4.78 is 7.32. The average molecular weight is 398 g/mol. The minimum absolute atomic E-state index is 0.0773. The van der Waals surface area contributed by atoms with Crippen molar-refractivity contribution >= 4 is 39.6 Å². The predicted molar refractivity (Wildman–Crippen MR) is 95.9 cm³/mol. The van der Waals surface area contributed by atoms with Gasteiger partial charge in [0.2, 0.25) is 5.78 Å². The number of rotatable bonds is 7. The fraction of sp³-hybridized carbons (Fsp3) is 0.533. The number of imidazole rings is 1. The highest BCUT2D eigenvalue weighted by Gasteiger charge is 2.46. The van der Waals surface area contributed by atoms with Gasteiger partial charge in [0.15, 0.2) is 17.7 Å². The zero-order valence-corrected chi connectivity index (χ0v) is 15.2. The maximum atomic E-state index is 11.2. The molecule has 0 radical (unpaired) electrons. The summed E-state index contributed by atoms with van der Waals surface area (Å²) >= 11 is 0. The average Bonchev–Trinajstić information content (AvgIpc) is 3.17. The van der Waals surface area contributed by atoms with Gasteiger partial charge in [-0.25, -0.2) is 19.7 Å². The molecule has 5 atom stereocenters. The zero-order chi connectivity index (χ0) is 19.7. The highest BCUT2D eigenvalue weighted by Crippen LogP contribution is 2.32. The molecule has 0 amide bonds. The van der Waals surface area contributed by atoms with E-state index >= 15 is 0 Å². The maximum absolute atomic E-state index is 11.2. The monoisotopic (exact) mass is 398 g/mol. The first-order valence-electron chi connectivity index (χ1n) is 8.09. The second-order valence-corrected chi connectivity index (χ2v) is 8.56. The standard InChI is InChI=1S/C15H19N5O6S/c1-27(3-2-7(21)15(24)25)4-8-10(22)11(23)14(26-8)20-6-19-9-12(16)17-5-18-13(9)20/h5-6,8,10-11,14,22-23H,2-4H2,1H3,(H2-,16,17,18,24,25)/p+1. The Balaban J connectivity index is 1.69. The van der Waals surface area contributed by atoms with Gasteiger partial charge < -0.3 is 25.8 Å². The van der Waals surface area contributed by atoms with Crippen LogP contribution < -0.4 is 5.73 Å². The van der Waals surface area contributed by atoms with E-state index in [4.69, 9.17) is 15.6 Å². The molecule has 2 aromatic heterocycles. The van der Waals surface area contributed by atoms with Gasteiger partial charge in [-0.15, -0.1) is 0 Å². The summed E-state index contributed by atoms with van der Waals surface area (Å²) in [7, 11) is -0.376. The summed E-state index contributed by atoms with van der Waals surface area (Å²) in [5.41, 5.74) is 6.50. The van der Waals surface area contributed by atoms with Gasteiger partial charge in [-0.1, -0.05) is 0 Å². The molecule has 2 aromatic rings. The number of Topliss-reactive ketones (excluding diaryl/α,β-unsaturated/α-hetero) is 1. The zero-order valence-electron chi connectivity index (χ0n) is 14.4. The Morgan fingerprint density at radius 1 is 1.30 bits per heavy atom. The molecule has 0 spiro atoms. The molecular weight excluding hydrogens is 378 g/mol. The van der Waals surface area contributed by atoms with Crippen LogP contribution in [0.1, 0.15) is 12.6 Å². The second-order valence-electron chi connectivity index (χ2n) is 6.26. The number of nitrogen functional groups attached to an aromatic ring is 1. The molecule has 27 heavy (non-hydrogen) atoms. The van der Waals surface area contributed by atoms with Crippen molar-refractivity contribution < 1.29 is 29.6 Å². The number of carbonyl (C=O) groups is 2. The van der Waals surface area contributed by atoms with Crippen LogP contribution in [0.5, 0.6) is 0 Å². The number of aliphatic carboxylic acids is 1. The number of carboxylic acid groups (broad SMARTS) is 1. The first-order valence-corrected chi connectivity index (χ1v) is 10.1. The van der Waals surface area contributed by atoms with Gasteiger partial charge in [-0.2, -0.15) is 0 Å². The van der Waals surface area contributed by atoms with Crippen LogP contribution in [0.2, 0.25) is 0 Å². The first kappa shape index (κ1) is 19.5. The van der Waals surface area contributed by atoms with Gasteiger partial charge in [0.25, 0.3) is 0 Å². The van der Waals surface area contributed by atoms with Crippen LogP contribution in [0, 0.1) is 0 Å². The molecule has 5 unspecified atom stereocenters. The van der Waals surface area contributed by atoms with Crippen molar-refractivity contribution in [2.24, 2.45) is 0 Å². The molecular formula is C15H20N5O6S+. The Labute approximate surface area is 156 Å². The van der Waals surface area contributed by atoms with Crippen molar-refractivity contribution in [3.05, 3.63) is 12.7 Å². The Morgan fingerprint density at radius 2 is 2.04 bits per heavy atom. The molecule has 3 heterocycles. The topological polar surface area (TPSA) is 174 Å². The summed E-state index contributed by atoms with van der Waals surface area (Å²) in [6, 6.07) is 0. The van der Waals surface area contributed by atoms with Crippen molar-refractivity contribution in [1.82, 2.24) is 19.5 Å². The molecule has 5 N–H and O–H groups in total. The van der Waals surface area contributed by atoms with E-state index in [0.717, 1.165) is 0 Å². The molecule has 0 aromatic carbocycles. The lowest BCUT2D eigenvalue weighted by Gasteiger charge is -2.16. The quantitative estimate of drug-likeness (QED) is 0.311. The third kappa shape index (κ3) is 3.88. The fourth-order valence-electron chi connectivity index (χ4n) is 2.89. The third-order valence-corrected chi connectivity index (χ3v) is 6.16. The Morgan fingerprint density at radius 3 is 2.74 bits per heavy atom. The van der Waals surface area contributed by atoms with Crippen molar-refractivity contribution in [2.75, 3.05) is 23.5 Å². The van der Waals surface area contributed by atoms with Crippen molar-refractivity contribution in [3.8, 4) is 0 Å². The number of nitrogens with two attached hydrogens (primary N) is 1. The highest BCUT2D eigenvalue weighted by molar-refractivity contribution is 7.96. The number of ketones is 1. The van der Waals surface area contributed by atoms with Gasteiger partial charge in [0.05, 0.1) is 19.0 Å². The molecule has 1 aliphatic heterocycles. The molecule has 0 saturated carbocycles. The van der Waals surface area contributed by atoms with Crippen LogP contribution in [0.25, 0.3) is 11.2 Å². The third-order valence-electron chi connectivity index (χ3n) is 4.36. The molecule has 1 fully saturated rings. The molecule has 0 bridgehead atoms. The van der Waals surface area contributed by atoms with E-state index in [-0.39, 0.29) is 23.1 Å². The molecule has 3 rings (SSSR count). The number of fused-ring (bicyclic) bond motifs is 1. The van der Waals surface area contributed by atoms with Gasteiger partial charge >= 0.3 is 5.97 Å². The summed E-state index contributed by atoms with van der Waals surface area (Å²) in [5, 5.41) is 29.4. The lowest BCUT2D eigenvalue weighted by molar-refractivity contribution is -0.148. The first-order chi connectivity index (χ1) is 12.8. The van der Waals surface area contributed by atoms with Crippen LogP contribution in [-0.2, 0) is 25.2 Å². The van der Waals surface area contributed by atoms with Crippen LogP contribution in [0.15, 0.2) is 12.7 Å². The Bertz CT molecular complexity index is 860. The number of hydrogen-bond donors (Lipinski definition) is 4. The smallest absolute Gasteiger partial charge is 0.372 e. The van der Waals surface area contributed by atoms with Gasteiger partial charge in [0.1, 0.15) is 41.7 Å². The molecule has 146 valence electrons. The number of carboxylic acids is 1. The lowest BCUT2D eigenvalue weighted by atomic mass is 10.1. The van der Waals surface area contributed by atoms with Crippen LogP contribution in [-0.4, -0.2) is 82.7 Å². The largest absolute Gasteiger partial charge is 0.475 e. The summed E-state index contributed by atoms with van der Waals surface area (Å²) in [4.78, 5) is 33.9. The van der Waals surface area contributed by atoms with Gasteiger partial charge in [0, 0.05) is 0 Å². The number of ether oxygens (including phenoxy) is 1. The number of hydrogen-bond acceptors (Lipinski definition) is 9. The van der Waals surface area contributed by atoms with E-state index in [2.05, 4.69) is 15.0 Å². The van der Waals surface area contributed by atoms with E-state index < -0.39 is 36.3 Å². The normalized spacial score (nSPS) is 26.3. The van der Waals surface area contributed by atoms with Crippen LogP contribution in [0.4, 0.5) is 5.82 Å². The SMILES string of the molecule is C[S+](CCC(=O)C(=O)O)CC1OC(n2cnc3c(N)ncnc32)C(O)C1O. The van der Waals surface area contributed by atoms with E-state index in [0.29, 0.717) is 22.7 Å². The van der Waals surface area contributed by atoms with Crippen molar-refractivity contribution in [1.29, 1.82) is 0 Å². The highest BCUT2D eigenvalue weighted by atomic mass is 32.2. The Hall–Kier alpha value is -2.28. The second kappa shape index (κ2) is 7.76. The van der Waals surface area contributed by atoms with Gasteiger partial charge in [-0.3, -0.25) is 9.36 Å².